The Morgan fingerprint density at radius 3 is 2.48 bits per heavy atom. The number of pyridine rings is 1. The van der Waals surface area contributed by atoms with Crippen molar-refractivity contribution in [3.05, 3.63) is 95.9 Å². The molecule has 1 aliphatic rings. The third-order valence-electron chi connectivity index (χ3n) is 6.31. The van der Waals surface area contributed by atoms with Crippen molar-refractivity contribution >= 4 is 11.7 Å². The van der Waals surface area contributed by atoms with E-state index in [1.54, 1.807) is 4.90 Å². The Labute approximate surface area is 181 Å². The van der Waals surface area contributed by atoms with Crippen LogP contribution < -0.4 is 0 Å². The summed E-state index contributed by atoms with van der Waals surface area (Å²) in [6.45, 7) is 2.60. The van der Waals surface area contributed by atoms with Crippen LogP contribution in [0.2, 0.25) is 0 Å². The number of carboxylic acid groups (broad SMARTS) is 1. The van der Waals surface area contributed by atoms with Gasteiger partial charge >= 0.3 is 6.09 Å². The topological polar surface area (TPSA) is 57.8 Å². The van der Waals surface area contributed by atoms with Crippen molar-refractivity contribution in [1.29, 1.82) is 0 Å². The minimum atomic E-state index is -0.884. The van der Waals surface area contributed by atoms with Crippen molar-refractivity contribution in [2.45, 2.75) is 31.7 Å². The maximum atomic E-state index is 12.2. The molecule has 0 radical (unpaired) electrons. The number of likely N-dealkylation sites (tertiary alicyclic amines) is 1. The third kappa shape index (κ3) is 3.36. The van der Waals surface area contributed by atoms with E-state index in [1.807, 2.05) is 42.6 Å². The molecule has 0 aliphatic carbocycles. The summed E-state index contributed by atoms with van der Waals surface area (Å²) in [5.74, 6) is 0. The molecular weight excluding hydrogens is 386 g/mol. The zero-order valence-corrected chi connectivity index (χ0v) is 17.5. The van der Waals surface area contributed by atoms with Gasteiger partial charge in [-0.15, -0.1) is 0 Å². The van der Waals surface area contributed by atoms with E-state index >= 15 is 0 Å². The first-order valence-electron chi connectivity index (χ1n) is 10.7. The molecule has 0 unspecified atom stereocenters. The predicted molar refractivity (Wildman–Crippen MR) is 121 cm³/mol. The van der Waals surface area contributed by atoms with Gasteiger partial charge < -0.3 is 9.51 Å². The average molecular weight is 412 g/mol. The highest BCUT2D eigenvalue weighted by atomic mass is 16.4. The number of aromatic nitrogens is 2. The quantitative estimate of drug-likeness (QED) is 0.481. The Morgan fingerprint density at radius 1 is 1.06 bits per heavy atom. The van der Waals surface area contributed by atoms with Crippen LogP contribution in [0.4, 0.5) is 4.79 Å². The summed E-state index contributed by atoms with van der Waals surface area (Å²) < 4.78 is 2.05. The molecule has 1 amide bonds. The minimum absolute atomic E-state index is 0.528. The second-order valence-electron chi connectivity index (χ2n) is 8.39. The lowest BCUT2D eigenvalue weighted by molar-refractivity contribution is 0.0985. The molecule has 4 aromatic rings. The van der Waals surface area contributed by atoms with Gasteiger partial charge in [0.2, 0.25) is 0 Å². The second kappa shape index (κ2) is 7.58. The Morgan fingerprint density at radius 2 is 1.77 bits per heavy atom. The maximum absolute atomic E-state index is 12.2. The number of nitrogens with zero attached hydrogens (tertiary/aromatic N) is 3. The van der Waals surface area contributed by atoms with Crippen molar-refractivity contribution < 1.29 is 9.90 Å². The van der Waals surface area contributed by atoms with Crippen LogP contribution in [0, 0.1) is 6.92 Å². The Balaban J connectivity index is 1.70. The monoisotopic (exact) mass is 411 g/mol. The van der Waals surface area contributed by atoms with Crippen molar-refractivity contribution in [2.24, 2.45) is 0 Å². The second-order valence-corrected chi connectivity index (χ2v) is 8.39. The lowest BCUT2D eigenvalue weighted by Crippen LogP contribution is -2.46. The zero-order chi connectivity index (χ0) is 21.4. The fourth-order valence-electron chi connectivity index (χ4n) is 4.93. The van der Waals surface area contributed by atoms with Crippen molar-refractivity contribution in [3.8, 4) is 11.1 Å². The SMILES string of the molecule is Cc1cc(-c2ccccc2)c2nc([C@@]3(Cc4ccccc4)CCCN3C(=O)O)cn2c1. The molecular formula is C26H25N3O2. The van der Waals surface area contributed by atoms with Gasteiger partial charge in [0.25, 0.3) is 0 Å². The summed E-state index contributed by atoms with van der Waals surface area (Å²) in [7, 11) is 0. The number of benzene rings is 2. The number of imidazole rings is 1. The standard InChI is InChI=1S/C26H25N3O2/c1-19-15-22(21-11-6-3-7-12-21)24-27-23(18-28(24)17-19)26(13-8-14-29(26)25(30)31)16-20-9-4-2-5-10-20/h2-7,9-12,15,17-18H,8,13-14,16H2,1H3,(H,30,31)/t26-/m0/s1. The first-order valence-corrected chi connectivity index (χ1v) is 10.7. The number of fused-ring (bicyclic) bond motifs is 1. The summed E-state index contributed by atoms with van der Waals surface area (Å²) in [5, 5.41) is 10.0. The van der Waals surface area contributed by atoms with E-state index in [4.69, 9.17) is 4.98 Å². The van der Waals surface area contributed by atoms with Gasteiger partial charge in [0.15, 0.2) is 0 Å². The summed E-state index contributed by atoms with van der Waals surface area (Å²) in [6.07, 6.45) is 5.41. The molecule has 156 valence electrons. The van der Waals surface area contributed by atoms with Crippen LogP contribution in [0.25, 0.3) is 16.8 Å². The van der Waals surface area contributed by atoms with Crippen LogP contribution in [0.3, 0.4) is 0 Å². The number of amides is 1. The number of aryl methyl sites for hydroxylation is 1. The van der Waals surface area contributed by atoms with Gasteiger partial charge in [-0.1, -0.05) is 60.7 Å². The van der Waals surface area contributed by atoms with Crippen LogP contribution in [0.5, 0.6) is 0 Å². The molecule has 5 rings (SSSR count). The molecule has 1 N–H and O–H groups in total. The summed E-state index contributed by atoms with van der Waals surface area (Å²) in [4.78, 5) is 18.9. The van der Waals surface area contributed by atoms with E-state index in [0.717, 1.165) is 46.4 Å². The molecule has 1 aliphatic heterocycles. The highest BCUT2D eigenvalue weighted by Crippen LogP contribution is 2.42. The molecule has 0 saturated carbocycles. The van der Waals surface area contributed by atoms with Crippen LogP contribution in [-0.2, 0) is 12.0 Å². The normalized spacial score (nSPS) is 18.5. The molecule has 2 aromatic carbocycles. The van der Waals surface area contributed by atoms with Crippen molar-refractivity contribution in [2.75, 3.05) is 6.54 Å². The van der Waals surface area contributed by atoms with E-state index in [-0.39, 0.29) is 0 Å². The van der Waals surface area contributed by atoms with E-state index in [2.05, 4.69) is 47.9 Å². The number of hydrogen-bond acceptors (Lipinski definition) is 2. The number of rotatable bonds is 4. The van der Waals surface area contributed by atoms with Crippen molar-refractivity contribution in [3.63, 3.8) is 0 Å². The van der Waals surface area contributed by atoms with Gasteiger partial charge in [-0.25, -0.2) is 9.78 Å². The average Bonchev–Trinajstić information content (AvgIpc) is 3.39. The summed E-state index contributed by atoms with van der Waals surface area (Å²) in [6, 6.07) is 22.5. The van der Waals surface area contributed by atoms with Gasteiger partial charge in [-0.3, -0.25) is 4.90 Å². The molecule has 0 bridgehead atoms. The van der Waals surface area contributed by atoms with Crippen molar-refractivity contribution in [1.82, 2.24) is 14.3 Å². The first-order chi connectivity index (χ1) is 15.1. The Bertz CT molecular complexity index is 1230. The smallest absolute Gasteiger partial charge is 0.408 e. The number of hydrogen-bond donors (Lipinski definition) is 1. The Kier molecular flexibility index (Phi) is 4.74. The lowest BCUT2D eigenvalue weighted by Gasteiger charge is -2.35. The summed E-state index contributed by atoms with van der Waals surface area (Å²) >= 11 is 0. The Hall–Kier alpha value is -3.60. The molecule has 3 heterocycles. The van der Waals surface area contributed by atoms with E-state index < -0.39 is 11.6 Å². The molecule has 1 atom stereocenters. The van der Waals surface area contributed by atoms with Gasteiger partial charge in [0.05, 0.1) is 11.2 Å². The highest BCUT2D eigenvalue weighted by Gasteiger charge is 2.47. The van der Waals surface area contributed by atoms with Gasteiger partial charge in [0, 0.05) is 30.9 Å². The third-order valence-corrected chi connectivity index (χ3v) is 6.31. The van der Waals surface area contributed by atoms with Crippen LogP contribution in [0.1, 0.15) is 29.7 Å². The van der Waals surface area contributed by atoms with E-state index in [0.29, 0.717) is 13.0 Å². The van der Waals surface area contributed by atoms with Crippen LogP contribution in [0.15, 0.2) is 79.1 Å². The fourth-order valence-corrected chi connectivity index (χ4v) is 4.93. The zero-order valence-electron chi connectivity index (χ0n) is 17.5. The molecule has 5 heteroatoms. The molecule has 1 saturated heterocycles. The van der Waals surface area contributed by atoms with Crippen LogP contribution in [-0.4, -0.2) is 32.0 Å². The van der Waals surface area contributed by atoms with Crippen LogP contribution >= 0.6 is 0 Å². The lowest BCUT2D eigenvalue weighted by atomic mass is 9.85. The molecule has 0 spiro atoms. The molecule has 2 aromatic heterocycles. The molecule has 31 heavy (non-hydrogen) atoms. The van der Waals surface area contributed by atoms with Gasteiger partial charge in [-0.2, -0.15) is 0 Å². The molecule has 1 fully saturated rings. The predicted octanol–water partition coefficient (Wildman–Crippen LogP) is 5.52. The largest absolute Gasteiger partial charge is 0.465 e. The van der Waals surface area contributed by atoms with E-state index in [9.17, 15) is 9.90 Å². The highest BCUT2D eigenvalue weighted by molar-refractivity contribution is 5.78. The van der Waals surface area contributed by atoms with E-state index in [1.165, 1.54) is 0 Å². The maximum Gasteiger partial charge on any atom is 0.408 e. The van der Waals surface area contributed by atoms with Gasteiger partial charge in [0.1, 0.15) is 5.65 Å². The summed E-state index contributed by atoms with van der Waals surface area (Å²) in [5.41, 5.74) is 5.42. The fraction of sp³-hybridized carbons (Fsp3) is 0.231. The van der Waals surface area contributed by atoms with Gasteiger partial charge in [-0.05, 0) is 42.5 Å². The molecule has 5 nitrogen and oxygen atoms in total. The minimum Gasteiger partial charge on any atom is -0.465 e. The first kappa shape index (κ1) is 19.4. The number of carbonyl (C=O) groups is 1.